The first-order chi connectivity index (χ1) is 16.6. The van der Waals surface area contributed by atoms with Crippen LogP contribution in [0.3, 0.4) is 0 Å². The fourth-order valence-corrected chi connectivity index (χ4v) is 2.83. The van der Waals surface area contributed by atoms with Crippen LogP contribution < -0.4 is 0 Å². The van der Waals surface area contributed by atoms with Gasteiger partial charge in [-0.2, -0.15) is 5.26 Å². The van der Waals surface area contributed by atoms with E-state index in [0.717, 1.165) is 22.5 Å². The molecule has 0 amide bonds. The minimum absolute atomic E-state index is 0. The molecule has 1 aromatic carbocycles. The zero-order chi connectivity index (χ0) is 24.6. The Balaban J connectivity index is 0.000000332. The zero-order valence-electron chi connectivity index (χ0n) is 20.0. The van der Waals surface area contributed by atoms with Gasteiger partial charge in [0.05, 0.1) is 6.07 Å². The van der Waals surface area contributed by atoms with Crippen molar-refractivity contribution in [2.75, 3.05) is 0 Å². The molecule has 0 unspecified atom stereocenters. The van der Waals surface area contributed by atoms with Gasteiger partial charge in [-0.05, 0) is 31.2 Å². The van der Waals surface area contributed by atoms with E-state index < -0.39 is 0 Å². The van der Waals surface area contributed by atoms with Crippen molar-refractivity contribution in [3.05, 3.63) is 127 Å². The smallest absolute Gasteiger partial charge is 0.697 e. The van der Waals surface area contributed by atoms with Crippen molar-refractivity contribution < 1.29 is 19.8 Å². The molecule has 4 aromatic rings. The SMILES string of the molecule is C/C=C\C=C(/[NH-])c1ccccn1.CC#N.Cc1cc(-c2ccccn2)[c-]c(-c2ccccn2)c1.[Os+2]. The van der Waals surface area contributed by atoms with E-state index in [2.05, 4.69) is 40.1 Å². The fourth-order valence-electron chi connectivity index (χ4n) is 2.83. The largest absolute Gasteiger partial charge is 2.00 e. The predicted molar refractivity (Wildman–Crippen MR) is 139 cm³/mol. The number of rotatable bonds is 4. The van der Waals surface area contributed by atoms with E-state index in [9.17, 15) is 0 Å². The summed E-state index contributed by atoms with van der Waals surface area (Å²) in [4.78, 5) is 12.8. The average molecular weight is 636 g/mol. The first-order valence-electron chi connectivity index (χ1n) is 10.7. The monoisotopic (exact) mass is 637 g/mol. The molecular weight excluding hydrogens is 609 g/mol. The molecule has 0 aliphatic carbocycles. The Hall–Kier alpha value is -3.92. The standard InChI is InChI=1S/C17H13N2.C10H11N2.C2H3N.Os/c1-13-10-14(16-6-2-4-8-18-16)12-15(11-13)17-7-3-5-9-19-17;1-2-3-6-9(11)10-7-4-5-8-12-10;1-2-3;/h2-11H,1H3;2-8,11H,1H3;1H3;/q2*-1;;+2/b;3-2-,9-6-;;. The molecule has 0 fully saturated rings. The van der Waals surface area contributed by atoms with Gasteiger partial charge in [0.25, 0.3) is 0 Å². The van der Waals surface area contributed by atoms with Crippen molar-refractivity contribution in [2.45, 2.75) is 20.8 Å². The third-order valence-electron chi connectivity index (χ3n) is 4.29. The number of hydrogen-bond acceptors (Lipinski definition) is 4. The maximum absolute atomic E-state index is 7.56. The van der Waals surface area contributed by atoms with Crippen LogP contribution in [0.5, 0.6) is 0 Å². The molecule has 5 nitrogen and oxygen atoms in total. The molecule has 0 bridgehead atoms. The van der Waals surface area contributed by atoms with Crippen molar-refractivity contribution in [3.8, 4) is 28.6 Å². The van der Waals surface area contributed by atoms with Crippen LogP contribution >= 0.6 is 0 Å². The second-order valence-corrected chi connectivity index (χ2v) is 6.96. The minimum atomic E-state index is 0. The second kappa shape index (κ2) is 16.7. The Morgan fingerprint density at radius 2 is 1.37 bits per heavy atom. The predicted octanol–water partition coefficient (Wildman–Crippen LogP) is 7.50. The van der Waals surface area contributed by atoms with Gasteiger partial charge in [0.2, 0.25) is 0 Å². The summed E-state index contributed by atoms with van der Waals surface area (Å²) in [5.74, 6) is 0. The van der Waals surface area contributed by atoms with Crippen LogP contribution in [0.1, 0.15) is 25.1 Å². The number of aromatic nitrogens is 3. The molecule has 35 heavy (non-hydrogen) atoms. The molecule has 0 saturated heterocycles. The topological polar surface area (TPSA) is 86.3 Å². The number of nitrogens with one attached hydrogen (secondary N) is 1. The molecule has 0 spiro atoms. The number of hydrogen-bond donors (Lipinski definition) is 0. The molecule has 0 saturated carbocycles. The Kier molecular flexibility index (Phi) is 13.8. The van der Waals surface area contributed by atoms with E-state index in [1.165, 1.54) is 12.5 Å². The van der Waals surface area contributed by atoms with Crippen LogP contribution in [0.4, 0.5) is 0 Å². The molecule has 4 rings (SSSR count). The van der Waals surface area contributed by atoms with E-state index in [1.807, 2.05) is 73.7 Å². The number of pyridine rings is 3. The van der Waals surface area contributed by atoms with E-state index >= 15 is 0 Å². The zero-order valence-corrected chi connectivity index (χ0v) is 22.5. The molecule has 3 heterocycles. The van der Waals surface area contributed by atoms with Gasteiger partial charge < -0.3 is 5.73 Å². The number of allylic oxidation sites excluding steroid dienone is 3. The average Bonchev–Trinajstić information content (AvgIpc) is 2.89. The van der Waals surface area contributed by atoms with E-state index in [4.69, 9.17) is 11.0 Å². The van der Waals surface area contributed by atoms with Crippen LogP contribution in [0.2, 0.25) is 0 Å². The minimum Gasteiger partial charge on any atom is -0.697 e. The quantitative estimate of drug-likeness (QED) is 0.172. The van der Waals surface area contributed by atoms with E-state index in [-0.39, 0.29) is 19.8 Å². The van der Waals surface area contributed by atoms with Gasteiger partial charge in [-0.15, -0.1) is 29.5 Å². The van der Waals surface area contributed by atoms with Crippen LogP contribution in [0, 0.1) is 24.3 Å². The van der Waals surface area contributed by atoms with Gasteiger partial charge in [0.15, 0.2) is 0 Å². The summed E-state index contributed by atoms with van der Waals surface area (Å²) in [6.07, 6.45) is 10.7. The molecule has 0 radical (unpaired) electrons. The Labute approximate surface area is 221 Å². The Bertz CT molecular complexity index is 1170. The molecule has 176 valence electrons. The first-order valence-corrected chi connectivity index (χ1v) is 10.7. The summed E-state index contributed by atoms with van der Waals surface area (Å²) in [6, 6.07) is 26.7. The fraction of sp³-hybridized carbons (Fsp3) is 0.103. The third kappa shape index (κ3) is 10.3. The number of aryl methyl sites for hydroxylation is 1. The molecular formula is C29H27N5Os. The van der Waals surface area contributed by atoms with Crippen LogP contribution in [-0.2, 0) is 19.8 Å². The molecule has 3 aromatic heterocycles. The number of nitriles is 1. The molecule has 0 atom stereocenters. The molecule has 6 heteroatoms. The van der Waals surface area contributed by atoms with Crippen molar-refractivity contribution in [3.63, 3.8) is 0 Å². The van der Waals surface area contributed by atoms with Crippen molar-refractivity contribution >= 4 is 5.70 Å². The van der Waals surface area contributed by atoms with E-state index in [1.54, 1.807) is 30.7 Å². The molecule has 1 N–H and O–H groups in total. The van der Waals surface area contributed by atoms with Gasteiger partial charge in [-0.1, -0.05) is 66.6 Å². The van der Waals surface area contributed by atoms with Crippen LogP contribution in [0.25, 0.3) is 33.9 Å². The summed E-state index contributed by atoms with van der Waals surface area (Å²) in [5, 5.41) is 7.32. The van der Waals surface area contributed by atoms with Crippen LogP contribution in [0.15, 0.2) is 104 Å². The summed E-state index contributed by atoms with van der Waals surface area (Å²) >= 11 is 0. The number of nitrogens with zero attached hydrogens (tertiary/aromatic N) is 4. The van der Waals surface area contributed by atoms with Gasteiger partial charge in [0, 0.05) is 42.6 Å². The van der Waals surface area contributed by atoms with Crippen molar-refractivity contribution in [2.24, 2.45) is 0 Å². The molecule has 0 aliphatic heterocycles. The van der Waals surface area contributed by atoms with Crippen molar-refractivity contribution in [1.82, 2.24) is 15.0 Å². The number of benzene rings is 1. The Morgan fingerprint density at radius 3 is 1.77 bits per heavy atom. The van der Waals surface area contributed by atoms with Gasteiger partial charge >= 0.3 is 19.8 Å². The Morgan fingerprint density at radius 1 is 0.886 bits per heavy atom. The third-order valence-corrected chi connectivity index (χ3v) is 4.29. The van der Waals surface area contributed by atoms with E-state index in [0.29, 0.717) is 11.4 Å². The van der Waals surface area contributed by atoms with Crippen LogP contribution in [-0.4, -0.2) is 15.0 Å². The molecule has 0 aliphatic rings. The summed E-state index contributed by atoms with van der Waals surface area (Å²) in [6.45, 7) is 5.43. The second-order valence-electron chi connectivity index (χ2n) is 6.96. The van der Waals surface area contributed by atoms with Gasteiger partial charge in [0.1, 0.15) is 0 Å². The maximum atomic E-state index is 7.56. The maximum Gasteiger partial charge on any atom is 2.00 e. The van der Waals surface area contributed by atoms with Crippen molar-refractivity contribution in [1.29, 1.82) is 5.26 Å². The summed E-state index contributed by atoms with van der Waals surface area (Å²) < 4.78 is 0. The summed E-state index contributed by atoms with van der Waals surface area (Å²) in [5.41, 5.74) is 13.8. The van der Waals surface area contributed by atoms with Gasteiger partial charge in [-0.25, -0.2) is 0 Å². The van der Waals surface area contributed by atoms with Gasteiger partial charge in [-0.3, -0.25) is 15.0 Å². The normalized spacial score (nSPS) is 10.1. The first kappa shape index (κ1) is 29.1. The summed E-state index contributed by atoms with van der Waals surface area (Å²) in [7, 11) is 0.